The first-order valence-electron chi connectivity index (χ1n) is 8.19. The number of nitrogens with one attached hydrogen (secondary N) is 1. The Hall–Kier alpha value is -2.86. The summed E-state index contributed by atoms with van der Waals surface area (Å²) in [7, 11) is 0. The van der Waals surface area contributed by atoms with Crippen LogP contribution in [0, 0.1) is 6.92 Å². The molecule has 1 aliphatic rings. The third-order valence-corrected chi connectivity index (χ3v) is 4.13. The second-order valence-electron chi connectivity index (χ2n) is 5.89. The fourth-order valence-electron chi connectivity index (χ4n) is 2.66. The first-order valence-corrected chi connectivity index (χ1v) is 8.19. The van der Waals surface area contributed by atoms with E-state index in [1.807, 2.05) is 13.0 Å². The van der Waals surface area contributed by atoms with E-state index in [0.29, 0.717) is 5.56 Å². The highest BCUT2D eigenvalue weighted by atomic mass is 16.5. The van der Waals surface area contributed by atoms with Gasteiger partial charge in [-0.25, -0.2) is 5.43 Å². The van der Waals surface area contributed by atoms with Crippen molar-refractivity contribution in [3.05, 3.63) is 59.2 Å². The fourth-order valence-corrected chi connectivity index (χ4v) is 2.66. The number of nitrogens with zero attached hydrogens (tertiary/aromatic N) is 2. The number of amides is 1. The van der Waals surface area contributed by atoms with Gasteiger partial charge in [0.2, 0.25) is 0 Å². The SMILES string of the molecule is Cc1cc(N2CCOCC2)ccc1/C=N\NC(=O)c1ccc(O)cc1. The molecular formula is C19H21N3O3. The Balaban J connectivity index is 1.63. The standard InChI is InChI=1S/C19H21N3O3/c1-14-12-17(22-8-10-25-11-9-22)5-2-16(14)13-20-21-19(24)15-3-6-18(23)7-4-15/h2-7,12-13,23H,8-11H2,1H3,(H,21,24)/b20-13-. The Kier molecular flexibility index (Phi) is 5.30. The number of hydrazone groups is 1. The molecule has 1 aliphatic heterocycles. The Morgan fingerprint density at radius 3 is 2.60 bits per heavy atom. The van der Waals surface area contributed by atoms with Gasteiger partial charge in [-0.2, -0.15) is 5.10 Å². The quantitative estimate of drug-likeness (QED) is 0.662. The molecule has 25 heavy (non-hydrogen) atoms. The highest BCUT2D eigenvalue weighted by Crippen LogP contribution is 2.19. The largest absolute Gasteiger partial charge is 0.508 e. The second-order valence-corrected chi connectivity index (χ2v) is 5.89. The van der Waals surface area contributed by atoms with Crippen molar-refractivity contribution in [1.29, 1.82) is 0 Å². The van der Waals surface area contributed by atoms with E-state index in [2.05, 4.69) is 27.6 Å². The molecule has 6 heteroatoms. The number of hydrogen-bond acceptors (Lipinski definition) is 5. The third kappa shape index (κ3) is 4.36. The molecule has 0 aliphatic carbocycles. The molecular weight excluding hydrogens is 318 g/mol. The number of carbonyl (C=O) groups is 1. The van der Waals surface area contributed by atoms with Gasteiger partial charge in [0.1, 0.15) is 5.75 Å². The molecule has 6 nitrogen and oxygen atoms in total. The van der Waals surface area contributed by atoms with Crippen molar-refractivity contribution in [3.63, 3.8) is 0 Å². The summed E-state index contributed by atoms with van der Waals surface area (Å²) in [6.07, 6.45) is 1.64. The maximum Gasteiger partial charge on any atom is 0.271 e. The summed E-state index contributed by atoms with van der Waals surface area (Å²) in [5.41, 5.74) is 6.14. The van der Waals surface area contributed by atoms with E-state index >= 15 is 0 Å². The lowest BCUT2D eigenvalue weighted by molar-refractivity contribution is 0.0955. The van der Waals surface area contributed by atoms with Crippen LogP contribution in [0.4, 0.5) is 5.69 Å². The Morgan fingerprint density at radius 1 is 1.20 bits per heavy atom. The minimum atomic E-state index is -0.321. The number of benzene rings is 2. The molecule has 2 N–H and O–H groups in total. The lowest BCUT2D eigenvalue weighted by atomic mass is 10.1. The average molecular weight is 339 g/mol. The molecule has 0 bridgehead atoms. The van der Waals surface area contributed by atoms with Crippen LogP contribution in [-0.2, 0) is 4.74 Å². The molecule has 1 saturated heterocycles. The summed E-state index contributed by atoms with van der Waals surface area (Å²) < 4.78 is 5.38. The number of anilines is 1. The summed E-state index contributed by atoms with van der Waals surface area (Å²) in [5, 5.41) is 13.3. The summed E-state index contributed by atoms with van der Waals surface area (Å²) >= 11 is 0. The molecule has 1 heterocycles. The van der Waals surface area contributed by atoms with Gasteiger partial charge in [-0.15, -0.1) is 0 Å². The molecule has 130 valence electrons. The Labute approximate surface area is 146 Å². The molecule has 1 amide bonds. The highest BCUT2D eigenvalue weighted by molar-refractivity contribution is 5.95. The maximum atomic E-state index is 12.0. The van der Waals surface area contributed by atoms with E-state index in [9.17, 15) is 9.90 Å². The minimum absolute atomic E-state index is 0.121. The monoisotopic (exact) mass is 339 g/mol. The fraction of sp³-hybridized carbons (Fsp3) is 0.263. The summed E-state index contributed by atoms with van der Waals surface area (Å²) in [4.78, 5) is 14.3. The average Bonchev–Trinajstić information content (AvgIpc) is 2.64. The van der Waals surface area contributed by atoms with Crippen LogP contribution in [-0.4, -0.2) is 43.5 Å². The van der Waals surface area contributed by atoms with Gasteiger partial charge in [0.05, 0.1) is 19.4 Å². The van der Waals surface area contributed by atoms with E-state index in [1.54, 1.807) is 18.3 Å². The van der Waals surface area contributed by atoms with E-state index in [0.717, 1.165) is 37.4 Å². The Morgan fingerprint density at radius 2 is 1.92 bits per heavy atom. The van der Waals surface area contributed by atoms with Crippen molar-refractivity contribution in [3.8, 4) is 5.75 Å². The van der Waals surface area contributed by atoms with Gasteiger partial charge >= 0.3 is 0 Å². The molecule has 0 saturated carbocycles. The molecule has 1 fully saturated rings. The number of ether oxygens (including phenoxy) is 1. The second kappa shape index (κ2) is 7.81. The van der Waals surface area contributed by atoms with Crippen molar-refractivity contribution in [1.82, 2.24) is 5.43 Å². The molecule has 0 unspecified atom stereocenters. The lowest BCUT2D eigenvalue weighted by Crippen LogP contribution is -2.36. The van der Waals surface area contributed by atoms with Crippen LogP contribution in [0.1, 0.15) is 21.5 Å². The van der Waals surface area contributed by atoms with Gasteiger partial charge in [0.25, 0.3) is 5.91 Å². The van der Waals surface area contributed by atoms with Crippen molar-refractivity contribution < 1.29 is 14.6 Å². The van der Waals surface area contributed by atoms with E-state index in [4.69, 9.17) is 4.74 Å². The number of hydrogen-bond donors (Lipinski definition) is 2. The number of phenolic OH excluding ortho intramolecular Hbond substituents is 1. The van der Waals surface area contributed by atoms with Crippen molar-refractivity contribution >= 4 is 17.8 Å². The normalized spacial score (nSPS) is 14.7. The van der Waals surface area contributed by atoms with Gasteiger partial charge in [0, 0.05) is 24.3 Å². The zero-order valence-corrected chi connectivity index (χ0v) is 14.1. The zero-order chi connectivity index (χ0) is 17.6. The molecule has 0 aromatic heterocycles. The minimum Gasteiger partial charge on any atom is -0.508 e. The maximum absolute atomic E-state index is 12.0. The molecule has 0 radical (unpaired) electrons. The number of phenols is 1. The number of morpholine rings is 1. The molecule has 3 rings (SSSR count). The Bertz CT molecular complexity index is 766. The topological polar surface area (TPSA) is 74.2 Å². The van der Waals surface area contributed by atoms with Crippen molar-refractivity contribution in [2.24, 2.45) is 5.10 Å². The predicted octanol–water partition coefficient (Wildman–Crippen LogP) is 2.30. The summed E-state index contributed by atoms with van der Waals surface area (Å²) in [6, 6.07) is 12.2. The smallest absolute Gasteiger partial charge is 0.271 e. The van der Waals surface area contributed by atoms with E-state index in [1.165, 1.54) is 17.8 Å². The molecule has 0 spiro atoms. The van der Waals surface area contributed by atoms with Gasteiger partial charge in [-0.05, 0) is 54.4 Å². The van der Waals surface area contributed by atoms with Gasteiger partial charge in [0.15, 0.2) is 0 Å². The zero-order valence-electron chi connectivity index (χ0n) is 14.1. The number of rotatable bonds is 4. The summed E-state index contributed by atoms with van der Waals surface area (Å²) in [6.45, 7) is 5.33. The number of aromatic hydroxyl groups is 1. The van der Waals surface area contributed by atoms with Crippen LogP contribution in [0.5, 0.6) is 5.75 Å². The van der Waals surface area contributed by atoms with Crippen LogP contribution in [0.25, 0.3) is 0 Å². The van der Waals surface area contributed by atoms with E-state index < -0.39 is 0 Å². The summed E-state index contributed by atoms with van der Waals surface area (Å²) in [5.74, 6) is -0.199. The predicted molar refractivity (Wildman–Crippen MR) is 97.4 cm³/mol. The lowest BCUT2D eigenvalue weighted by Gasteiger charge is -2.29. The molecule has 2 aromatic rings. The van der Waals surface area contributed by atoms with Gasteiger partial charge in [-0.1, -0.05) is 6.07 Å². The van der Waals surface area contributed by atoms with Crippen LogP contribution < -0.4 is 10.3 Å². The van der Waals surface area contributed by atoms with Gasteiger partial charge < -0.3 is 14.7 Å². The molecule has 2 aromatic carbocycles. The first-order chi connectivity index (χ1) is 12.1. The van der Waals surface area contributed by atoms with Crippen LogP contribution >= 0.6 is 0 Å². The van der Waals surface area contributed by atoms with E-state index in [-0.39, 0.29) is 11.7 Å². The number of aryl methyl sites for hydroxylation is 1. The first kappa shape index (κ1) is 17.0. The van der Waals surface area contributed by atoms with Crippen molar-refractivity contribution in [2.45, 2.75) is 6.92 Å². The highest BCUT2D eigenvalue weighted by Gasteiger charge is 2.11. The van der Waals surface area contributed by atoms with Gasteiger partial charge in [-0.3, -0.25) is 4.79 Å². The van der Waals surface area contributed by atoms with Crippen molar-refractivity contribution in [2.75, 3.05) is 31.2 Å². The third-order valence-electron chi connectivity index (χ3n) is 4.13. The van der Waals surface area contributed by atoms with Crippen LogP contribution in [0.3, 0.4) is 0 Å². The molecule has 0 atom stereocenters. The van der Waals surface area contributed by atoms with Crippen LogP contribution in [0.2, 0.25) is 0 Å². The number of carbonyl (C=O) groups excluding carboxylic acids is 1. The van der Waals surface area contributed by atoms with Crippen LogP contribution in [0.15, 0.2) is 47.6 Å².